The van der Waals surface area contributed by atoms with Gasteiger partial charge in [-0.15, -0.1) is 0 Å². The lowest BCUT2D eigenvalue weighted by molar-refractivity contribution is 0.387. The normalized spacial score (nSPS) is 25.4. The lowest BCUT2D eigenvalue weighted by Crippen LogP contribution is -2.46. The van der Waals surface area contributed by atoms with Crippen LogP contribution in [0.4, 0.5) is 10.2 Å². The van der Waals surface area contributed by atoms with Crippen molar-refractivity contribution in [3.8, 4) is 0 Å². The summed E-state index contributed by atoms with van der Waals surface area (Å²) in [6, 6.07) is 2.02. The third kappa shape index (κ3) is 2.71. The largest absolute Gasteiger partial charge is 0.363 e. The minimum atomic E-state index is -0.313. The van der Waals surface area contributed by atoms with Gasteiger partial charge in [0.25, 0.3) is 0 Å². The van der Waals surface area contributed by atoms with E-state index in [0.717, 1.165) is 19.4 Å². The highest BCUT2D eigenvalue weighted by Crippen LogP contribution is 2.19. The van der Waals surface area contributed by atoms with E-state index in [9.17, 15) is 4.39 Å². The van der Waals surface area contributed by atoms with Gasteiger partial charge in [0.05, 0.1) is 0 Å². The molecule has 0 spiro atoms. The Morgan fingerprint density at radius 2 is 2.44 bits per heavy atom. The average Bonchev–Trinajstić information content (AvgIpc) is 2.25. The molecule has 16 heavy (non-hydrogen) atoms. The summed E-state index contributed by atoms with van der Waals surface area (Å²) in [5.41, 5.74) is 0. The van der Waals surface area contributed by atoms with Gasteiger partial charge in [-0.2, -0.15) is 0 Å². The first-order chi connectivity index (χ1) is 7.66. The summed E-state index contributed by atoms with van der Waals surface area (Å²) < 4.78 is 14.2. The van der Waals surface area contributed by atoms with Gasteiger partial charge in [0.15, 0.2) is 11.6 Å². The van der Waals surface area contributed by atoms with Crippen LogP contribution in [-0.2, 0) is 0 Å². The number of nitrogens with one attached hydrogen (secondary N) is 2. The summed E-state index contributed by atoms with van der Waals surface area (Å²) in [6.07, 6.45) is 3.76. The van der Waals surface area contributed by atoms with Crippen molar-refractivity contribution < 1.29 is 4.39 Å². The van der Waals surface area contributed by atoms with E-state index in [-0.39, 0.29) is 11.9 Å². The van der Waals surface area contributed by atoms with E-state index < -0.39 is 0 Å². The number of hydrogen-bond donors (Lipinski definition) is 2. The number of halogens is 2. The first-order valence-electron chi connectivity index (χ1n) is 5.48. The molecule has 1 aromatic heterocycles. The van der Waals surface area contributed by atoms with Gasteiger partial charge < -0.3 is 10.6 Å². The van der Waals surface area contributed by atoms with E-state index in [1.165, 1.54) is 6.07 Å². The first kappa shape index (κ1) is 11.8. The molecule has 2 N–H and O–H groups in total. The van der Waals surface area contributed by atoms with Gasteiger partial charge in [-0.05, 0) is 48.3 Å². The molecule has 0 aliphatic carbocycles. The zero-order chi connectivity index (χ0) is 11.5. The molecule has 1 fully saturated rings. The molecule has 2 atom stereocenters. The second-order valence-corrected chi connectivity index (χ2v) is 5.04. The van der Waals surface area contributed by atoms with Crippen LogP contribution in [0.1, 0.15) is 19.8 Å². The van der Waals surface area contributed by atoms with Crippen LogP contribution in [0, 0.1) is 5.82 Å². The van der Waals surface area contributed by atoms with E-state index >= 15 is 0 Å². The van der Waals surface area contributed by atoms with E-state index in [0.29, 0.717) is 16.3 Å². The molecule has 3 nitrogen and oxygen atoms in total. The molecule has 2 heterocycles. The van der Waals surface area contributed by atoms with Gasteiger partial charge >= 0.3 is 0 Å². The van der Waals surface area contributed by atoms with Crippen LogP contribution in [0.5, 0.6) is 0 Å². The van der Waals surface area contributed by atoms with Crippen LogP contribution in [0.15, 0.2) is 16.7 Å². The number of anilines is 1. The van der Waals surface area contributed by atoms with Crippen molar-refractivity contribution in [2.75, 3.05) is 11.9 Å². The maximum absolute atomic E-state index is 13.6. The van der Waals surface area contributed by atoms with E-state index in [1.807, 2.05) is 0 Å². The number of piperidine rings is 1. The third-order valence-corrected chi connectivity index (χ3v) is 3.33. The Labute approximate surface area is 103 Å². The van der Waals surface area contributed by atoms with Gasteiger partial charge in [0.2, 0.25) is 0 Å². The Hall–Kier alpha value is -0.680. The summed E-state index contributed by atoms with van der Waals surface area (Å²) in [6.45, 7) is 3.14. The summed E-state index contributed by atoms with van der Waals surface area (Å²) >= 11 is 3.19. The zero-order valence-electron chi connectivity index (χ0n) is 9.13. The zero-order valence-corrected chi connectivity index (χ0v) is 10.7. The van der Waals surface area contributed by atoms with Gasteiger partial charge in [-0.3, -0.25) is 0 Å². The first-order valence-corrected chi connectivity index (χ1v) is 6.27. The quantitative estimate of drug-likeness (QED) is 0.878. The standard InChI is InChI=1S/C11H15BrFN3/c1-7-10(3-2-4-14-7)16-11-9(13)5-8(12)6-15-11/h5-7,10,14H,2-4H2,1H3,(H,15,16). The van der Waals surface area contributed by atoms with Gasteiger partial charge in [0.1, 0.15) is 0 Å². The van der Waals surface area contributed by atoms with E-state index in [4.69, 9.17) is 0 Å². The molecule has 1 aliphatic heterocycles. The molecular formula is C11H15BrFN3. The predicted molar refractivity (Wildman–Crippen MR) is 66.0 cm³/mol. The van der Waals surface area contributed by atoms with Gasteiger partial charge in [0, 0.05) is 22.8 Å². The van der Waals surface area contributed by atoms with E-state index in [2.05, 4.69) is 38.5 Å². The molecule has 2 unspecified atom stereocenters. The van der Waals surface area contributed by atoms with Crippen LogP contribution in [-0.4, -0.2) is 23.6 Å². The summed E-state index contributed by atoms with van der Waals surface area (Å²) in [5, 5.41) is 6.52. The fourth-order valence-corrected chi connectivity index (χ4v) is 2.24. The van der Waals surface area contributed by atoms with Gasteiger partial charge in [-0.25, -0.2) is 9.37 Å². The minimum Gasteiger partial charge on any atom is -0.363 e. The van der Waals surface area contributed by atoms with Crippen molar-refractivity contribution in [1.29, 1.82) is 0 Å². The Balaban J connectivity index is 2.07. The van der Waals surface area contributed by atoms with Crippen molar-refractivity contribution in [2.24, 2.45) is 0 Å². The highest BCUT2D eigenvalue weighted by Gasteiger charge is 2.21. The molecule has 1 saturated heterocycles. The monoisotopic (exact) mass is 287 g/mol. The third-order valence-electron chi connectivity index (χ3n) is 2.89. The molecule has 0 saturated carbocycles. The van der Waals surface area contributed by atoms with Crippen LogP contribution in [0.25, 0.3) is 0 Å². The van der Waals surface area contributed by atoms with Crippen LogP contribution < -0.4 is 10.6 Å². The van der Waals surface area contributed by atoms with Crippen LogP contribution >= 0.6 is 15.9 Å². The fraction of sp³-hybridized carbons (Fsp3) is 0.545. The molecule has 5 heteroatoms. The Kier molecular flexibility index (Phi) is 3.76. The lowest BCUT2D eigenvalue weighted by atomic mass is 10.00. The molecule has 1 aliphatic rings. The number of aromatic nitrogens is 1. The summed E-state index contributed by atoms with van der Waals surface area (Å²) in [7, 11) is 0. The summed E-state index contributed by atoms with van der Waals surface area (Å²) in [4.78, 5) is 4.05. The van der Waals surface area contributed by atoms with Crippen LogP contribution in [0.2, 0.25) is 0 Å². The maximum atomic E-state index is 13.6. The molecule has 1 aromatic rings. The lowest BCUT2D eigenvalue weighted by Gasteiger charge is -2.31. The Morgan fingerprint density at radius 1 is 1.62 bits per heavy atom. The second kappa shape index (κ2) is 5.10. The predicted octanol–water partition coefficient (Wildman–Crippen LogP) is 2.54. The molecule has 2 rings (SSSR count). The van der Waals surface area contributed by atoms with Crippen molar-refractivity contribution in [3.63, 3.8) is 0 Å². The molecule has 0 radical (unpaired) electrons. The minimum absolute atomic E-state index is 0.247. The Morgan fingerprint density at radius 3 is 3.12 bits per heavy atom. The molecule has 0 bridgehead atoms. The highest BCUT2D eigenvalue weighted by atomic mass is 79.9. The van der Waals surface area contributed by atoms with Crippen molar-refractivity contribution in [3.05, 3.63) is 22.6 Å². The van der Waals surface area contributed by atoms with Crippen molar-refractivity contribution in [1.82, 2.24) is 10.3 Å². The van der Waals surface area contributed by atoms with Gasteiger partial charge in [-0.1, -0.05) is 0 Å². The van der Waals surface area contributed by atoms with Crippen molar-refractivity contribution >= 4 is 21.7 Å². The second-order valence-electron chi connectivity index (χ2n) is 4.12. The SMILES string of the molecule is CC1NCCCC1Nc1ncc(Br)cc1F. The molecular weight excluding hydrogens is 273 g/mol. The average molecular weight is 288 g/mol. The van der Waals surface area contributed by atoms with Crippen LogP contribution in [0.3, 0.4) is 0 Å². The van der Waals surface area contributed by atoms with Crippen molar-refractivity contribution in [2.45, 2.75) is 31.8 Å². The smallest absolute Gasteiger partial charge is 0.166 e. The maximum Gasteiger partial charge on any atom is 0.166 e. The number of hydrogen-bond acceptors (Lipinski definition) is 3. The number of pyridine rings is 1. The Bertz CT molecular complexity index is 372. The van der Waals surface area contributed by atoms with E-state index in [1.54, 1.807) is 6.20 Å². The topological polar surface area (TPSA) is 37.0 Å². The molecule has 0 aromatic carbocycles. The number of rotatable bonds is 2. The summed E-state index contributed by atoms with van der Waals surface area (Å²) in [5.74, 6) is 0.0240. The fourth-order valence-electron chi connectivity index (χ4n) is 1.94. The molecule has 88 valence electrons. The molecule has 0 amide bonds. The highest BCUT2D eigenvalue weighted by molar-refractivity contribution is 9.10. The number of nitrogens with zero attached hydrogens (tertiary/aromatic N) is 1.